The SMILES string of the molecule is COc1cc(-c2c3c(cc4c2[nH]c2ccccc24)COC3=O)cc(OC)c1OC. The third-order valence-corrected chi connectivity index (χ3v) is 5.40. The van der Waals surface area contributed by atoms with Crippen LogP contribution in [0.5, 0.6) is 17.2 Å². The summed E-state index contributed by atoms with van der Waals surface area (Å²) in [5.41, 5.74) is 4.88. The van der Waals surface area contributed by atoms with Crippen molar-refractivity contribution in [2.75, 3.05) is 21.3 Å². The van der Waals surface area contributed by atoms with E-state index >= 15 is 0 Å². The Kier molecular flexibility index (Phi) is 3.87. The molecule has 0 amide bonds. The maximum atomic E-state index is 12.6. The second-order valence-electron chi connectivity index (χ2n) is 6.87. The van der Waals surface area contributed by atoms with Gasteiger partial charge in [-0.2, -0.15) is 0 Å². The summed E-state index contributed by atoms with van der Waals surface area (Å²) in [4.78, 5) is 16.1. The number of carbonyl (C=O) groups excluding carboxylic acids is 1. The maximum absolute atomic E-state index is 12.6. The van der Waals surface area contributed by atoms with E-state index in [2.05, 4.69) is 11.1 Å². The van der Waals surface area contributed by atoms with Crippen LogP contribution >= 0.6 is 0 Å². The number of esters is 1. The van der Waals surface area contributed by atoms with Gasteiger partial charge in [-0.25, -0.2) is 4.79 Å². The Morgan fingerprint density at radius 2 is 1.62 bits per heavy atom. The van der Waals surface area contributed by atoms with Crippen molar-refractivity contribution in [1.82, 2.24) is 4.98 Å². The first-order valence-electron chi connectivity index (χ1n) is 9.20. The van der Waals surface area contributed by atoms with Gasteiger partial charge in [0.2, 0.25) is 5.75 Å². The van der Waals surface area contributed by atoms with E-state index in [0.29, 0.717) is 22.8 Å². The molecule has 0 atom stereocenters. The molecule has 3 aromatic carbocycles. The van der Waals surface area contributed by atoms with Crippen LogP contribution in [-0.2, 0) is 11.3 Å². The number of ether oxygens (including phenoxy) is 4. The number of aromatic nitrogens is 1. The van der Waals surface area contributed by atoms with Gasteiger partial charge in [0.05, 0.1) is 32.4 Å². The molecule has 0 fully saturated rings. The summed E-state index contributed by atoms with van der Waals surface area (Å²) in [5, 5.41) is 2.14. The summed E-state index contributed by atoms with van der Waals surface area (Å²) < 4.78 is 21.9. The van der Waals surface area contributed by atoms with E-state index < -0.39 is 0 Å². The van der Waals surface area contributed by atoms with Crippen molar-refractivity contribution in [2.24, 2.45) is 0 Å². The van der Waals surface area contributed by atoms with Crippen LogP contribution in [0.1, 0.15) is 15.9 Å². The van der Waals surface area contributed by atoms with Crippen molar-refractivity contribution in [3.8, 4) is 28.4 Å². The minimum atomic E-state index is -0.329. The number of methoxy groups -OCH3 is 3. The lowest BCUT2D eigenvalue weighted by Crippen LogP contribution is -2.00. The summed E-state index contributed by atoms with van der Waals surface area (Å²) in [5.74, 6) is 1.22. The molecular formula is C23H19NO5. The standard InChI is InChI=1S/C23H19NO5/c1-26-17-9-12(10-18(27-2)22(17)28-3)19-20-13(11-29-23(20)25)8-15-14-6-4-5-7-16(14)24-21(15)19/h4-10,24H,11H2,1-3H3. The number of H-pyrrole nitrogens is 1. The number of carbonyl (C=O) groups is 1. The Morgan fingerprint density at radius 3 is 2.31 bits per heavy atom. The lowest BCUT2D eigenvalue weighted by molar-refractivity contribution is 0.0535. The van der Waals surface area contributed by atoms with E-state index in [1.807, 2.05) is 36.4 Å². The average molecular weight is 389 g/mol. The number of para-hydroxylation sites is 1. The summed E-state index contributed by atoms with van der Waals surface area (Å²) in [6.07, 6.45) is 0. The molecule has 1 aliphatic rings. The van der Waals surface area contributed by atoms with Crippen LogP contribution in [0.15, 0.2) is 42.5 Å². The molecule has 0 saturated carbocycles. The van der Waals surface area contributed by atoms with Crippen LogP contribution in [0.25, 0.3) is 32.9 Å². The molecule has 0 unspecified atom stereocenters. The van der Waals surface area contributed by atoms with Crippen LogP contribution in [0.4, 0.5) is 0 Å². The predicted octanol–water partition coefficient (Wildman–Crippen LogP) is 4.68. The molecule has 5 rings (SSSR count). The zero-order valence-corrected chi connectivity index (χ0v) is 16.3. The molecule has 146 valence electrons. The van der Waals surface area contributed by atoms with Crippen LogP contribution in [0.2, 0.25) is 0 Å². The fourth-order valence-electron chi connectivity index (χ4n) is 4.12. The first kappa shape index (κ1) is 17.4. The van der Waals surface area contributed by atoms with Crippen molar-refractivity contribution >= 4 is 27.8 Å². The Balaban J connectivity index is 1.92. The van der Waals surface area contributed by atoms with Gasteiger partial charge in [-0.3, -0.25) is 0 Å². The van der Waals surface area contributed by atoms with Gasteiger partial charge in [0.25, 0.3) is 0 Å². The number of rotatable bonds is 4. The molecule has 0 bridgehead atoms. The Morgan fingerprint density at radius 1 is 0.897 bits per heavy atom. The molecule has 4 aromatic rings. The van der Waals surface area contributed by atoms with E-state index in [-0.39, 0.29) is 12.6 Å². The van der Waals surface area contributed by atoms with Crippen LogP contribution in [0.3, 0.4) is 0 Å². The third kappa shape index (κ3) is 2.45. The van der Waals surface area contributed by atoms with Crippen molar-refractivity contribution in [2.45, 2.75) is 6.61 Å². The highest BCUT2D eigenvalue weighted by Gasteiger charge is 2.30. The Bertz CT molecular complexity index is 1260. The van der Waals surface area contributed by atoms with Crippen molar-refractivity contribution in [1.29, 1.82) is 0 Å². The van der Waals surface area contributed by atoms with Crippen molar-refractivity contribution in [3.63, 3.8) is 0 Å². The van der Waals surface area contributed by atoms with E-state index in [0.717, 1.165) is 38.5 Å². The predicted molar refractivity (Wildman–Crippen MR) is 110 cm³/mol. The minimum Gasteiger partial charge on any atom is -0.493 e. The Labute approximate surface area is 166 Å². The van der Waals surface area contributed by atoms with Gasteiger partial charge in [0.15, 0.2) is 11.5 Å². The maximum Gasteiger partial charge on any atom is 0.339 e. The molecule has 6 nitrogen and oxygen atoms in total. The summed E-state index contributed by atoms with van der Waals surface area (Å²) in [6.45, 7) is 0.265. The van der Waals surface area contributed by atoms with E-state index in [9.17, 15) is 4.79 Å². The highest BCUT2D eigenvalue weighted by molar-refractivity contribution is 6.17. The number of nitrogens with one attached hydrogen (secondary N) is 1. The van der Waals surface area contributed by atoms with Crippen molar-refractivity contribution < 1.29 is 23.7 Å². The topological polar surface area (TPSA) is 69.8 Å². The second-order valence-corrected chi connectivity index (χ2v) is 6.87. The van der Waals surface area contributed by atoms with Crippen LogP contribution in [0, 0.1) is 0 Å². The number of aromatic amines is 1. The van der Waals surface area contributed by atoms with E-state index in [1.165, 1.54) is 0 Å². The van der Waals surface area contributed by atoms with Gasteiger partial charge in [0, 0.05) is 27.4 Å². The van der Waals surface area contributed by atoms with Gasteiger partial charge in [-0.15, -0.1) is 0 Å². The highest BCUT2D eigenvalue weighted by atomic mass is 16.5. The zero-order chi connectivity index (χ0) is 20.1. The number of hydrogen-bond donors (Lipinski definition) is 1. The molecule has 29 heavy (non-hydrogen) atoms. The van der Waals surface area contributed by atoms with Crippen LogP contribution < -0.4 is 14.2 Å². The summed E-state index contributed by atoms with van der Waals surface area (Å²) >= 11 is 0. The molecule has 1 aromatic heterocycles. The smallest absolute Gasteiger partial charge is 0.339 e. The quantitative estimate of drug-likeness (QED) is 0.513. The second kappa shape index (κ2) is 6.44. The van der Waals surface area contributed by atoms with Crippen molar-refractivity contribution in [3.05, 3.63) is 53.6 Å². The number of hydrogen-bond acceptors (Lipinski definition) is 5. The molecule has 0 spiro atoms. The third-order valence-electron chi connectivity index (χ3n) is 5.40. The monoisotopic (exact) mass is 389 g/mol. The van der Waals surface area contributed by atoms with Gasteiger partial charge >= 0.3 is 5.97 Å². The normalized spacial score (nSPS) is 12.9. The average Bonchev–Trinajstić information content (AvgIpc) is 3.31. The molecule has 0 saturated heterocycles. The zero-order valence-electron chi connectivity index (χ0n) is 16.3. The lowest BCUT2D eigenvalue weighted by Gasteiger charge is -2.16. The largest absolute Gasteiger partial charge is 0.493 e. The number of cyclic esters (lactones) is 1. The van der Waals surface area contributed by atoms with E-state index in [4.69, 9.17) is 18.9 Å². The lowest BCUT2D eigenvalue weighted by atomic mass is 9.93. The molecule has 6 heteroatoms. The summed E-state index contributed by atoms with van der Waals surface area (Å²) in [7, 11) is 4.71. The van der Waals surface area contributed by atoms with Gasteiger partial charge in [-0.05, 0) is 29.8 Å². The molecule has 1 N–H and O–H groups in total. The van der Waals surface area contributed by atoms with Gasteiger partial charge in [-0.1, -0.05) is 18.2 Å². The number of fused-ring (bicyclic) bond motifs is 4. The fraction of sp³-hybridized carbons (Fsp3) is 0.174. The minimum absolute atomic E-state index is 0.265. The highest BCUT2D eigenvalue weighted by Crippen LogP contribution is 2.46. The molecule has 1 aliphatic heterocycles. The molecular weight excluding hydrogens is 370 g/mol. The fourth-order valence-corrected chi connectivity index (χ4v) is 4.12. The van der Waals surface area contributed by atoms with Crippen LogP contribution in [-0.4, -0.2) is 32.3 Å². The molecule has 0 aliphatic carbocycles. The first-order chi connectivity index (χ1) is 14.2. The first-order valence-corrected chi connectivity index (χ1v) is 9.20. The number of benzene rings is 3. The van der Waals surface area contributed by atoms with Gasteiger partial charge < -0.3 is 23.9 Å². The summed E-state index contributed by atoms with van der Waals surface area (Å²) in [6, 6.07) is 13.8. The Hall–Kier alpha value is -3.67. The molecule has 0 radical (unpaired) electrons. The van der Waals surface area contributed by atoms with E-state index in [1.54, 1.807) is 21.3 Å². The van der Waals surface area contributed by atoms with Gasteiger partial charge in [0.1, 0.15) is 6.61 Å². The molecule has 2 heterocycles.